The first-order chi connectivity index (χ1) is 9.88. The van der Waals surface area contributed by atoms with E-state index in [0.717, 1.165) is 5.69 Å². The summed E-state index contributed by atoms with van der Waals surface area (Å²) in [7, 11) is 0. The van der Waals surface area contributed by atoms with Gasteiger partial charge in [-0.15, -0.1) is 0 Å². The molecule has 2 rings (SSSR count). The number of anilines is 1. The number of rotatable bonds is 3. The van der Waals surface area contributed by atoms with Crippen molar-refractivity contribution < 1.29 is 14.7 Å². The molecule has 0 saturated heterocycles. The molecule has 0 aliphatic rings. The number of hydrogen-bond acceptors (Lipinski definition) is 3. The first-order valence-electron chi connectivity index (χ1n) is 5.85. The predicted molar refractivity (Wildman–Crippen MR) is 80.3 cm³/mol. The standard InChI is InChI=1S/C14H10Cl2N2O3/c1-7-2-3-8(6-17-7)13(19)18-12-10(15)4-9(14(20)21)5-11(12)16/h2-6H,1H3,(H,18,19)(H,20,21). The topological polar surface area (TPSA) is 79.3 Å². The zero-order chi connectivity index (χ0) is 15.6. The summed E-state index contributed by atoms with van der Waals surface area (Å²) in [6, 6.07) is 5.76. The van der Waals surface area contributed by atoms with Crippen molar-refractivity contribution in [3.63, 3.8) is 0 Å². The van der Waals surface area contributed by atoms with Gasteiger partial charge in [0.05, 0.1) is 26.9 Å². The van der Waals surface area contributed by atoms with Crippen molar-refractivity contribution in [2.24, 2.45) is 0 Å². The number of hydrogen-bond donors (Lipinski definition) is 2. The quantitative estimate of drug-likeness (QED) is 0.903. The fourth-order valence-corrected chi connectivity index (χ4v) is 2.19. The molecular weight excluding hydrogens is 315 g/mol. The minimum absolute atomic E-state index is 0.0494. The Morgan fingerprint density at radius 3 is 2.24 bits per heavy atom. The molecule has 21 heavy (non-hydrogen) atoms. The highest BCUT2D eigenvalue weighted by atomic mass is 35.5. The highest BCUT2D eigenvalue weighted by Crippen LogP contribution is 2.32. The number of nitrogens with one attached hydrogen (secondary N) is 1. The molecule has 1 amide bonds. The fraction of sp³-hybridized carbons (Fsp3) is 0.0714. The number of benzene rings is 1. The molecule has 1 aromatic carbocycles. The second-order valence-electron chi connectivity index (χ2n) is 4.26. The average molecular weight is 325 g/mol. The molecule has 0 saturated carbocycles. The molecule has 5 nitrogen and oxygen atoms in total. The number of carbonyl (C=O) groups is 2. The van der Waals surface area contributed by atoms with Crippen LogP contribution >= 0.6 is 23.2 Å². The Morgan fingerprint density at radius 1 is 1.14 bits per heavy atom. The van der Waals surface area contributed by atoms with Gasteiger partial charge in [-0.1, -0.05) is 23.2 Å². The van der Waals surface area contributed by atoms with Crippen LogP contribution in [0.25, 0.3) is 0 Å². The molecule has 0 aliphatic heterocycles. The van der Waals surface area contributed by atoms with E-state index in [4.69, 9.17) is 28.3 Å². The summed E-state index contributed by atoms with van der Waals surface area (Å²) in [5.41, 5.74) is 1.23. The second kappa shape index (κ2) is 6.11. The van der Waals surface area contributed by atoms with Gasteiger partial charge in [-0.3, -0.25) is 9.78 Å². The number of aryl methyl sites for hydroxylation is 1. The summed E-state index contributed by atoms with van der Waals surface area (Å²) in [5.74, 6) is -1.59. The van der Waals surface area contributed by atoms with Crippen LogP contribution in [0.5, 0.6) is 0 Å². The molecule has 108 valence electrons. The Kier molecular flexibility index (Phi) is 4.45. The van der Waals surface area contributed by atoms with Crippen LogP contribution in [0, 0.1) is 6.92 Å². The number of halogens is 2. The maximum Gasteiger partial charge on any atom is 0.335 e. The minimum Gasteiger partial charge on any atom is -0.478 e. The molecule has 0 radical (unpaired) electrons. The van der Waals surface area contributed by atoms with Gasteiger partial charge in [0.15, 0.2) is 0 Å². The Bertz CT molecular complexity index is 692. The van der Waals surface area contributed by atoms with Crippen molar-refractivity contribution in [1.82, 2.24) is 4.98 Å². The summed E-state index contributed by atoms with van der Waals surface area (Å²) < 4.78 is 0. The van der Waals surface area contributed by atoms with E-state index >= 15 is 0 Å². The largest absolute Gasteiger partial charge is 0.478 e. The van der Waals surface area contributed by atoms with Crippen molar-refractivity contribution in [1.29, 1.82) is 0 Å². The number of nitrogens with zero attached hydrogens (tertiary/aromatic N) is 1. The van der Waals surface area contributed by atoms with E-state index in [1.165, 1.54) is 18.3 Å². The molecule has 7 heteroatoms. The highest BCUT2D eigenvalue weighted by Gasteiger charge is 2.15. The first-order valence-corrected chi connectivity index (χ1v) is 6.60. The summed E-state index contributed by atoms with van der Waals surface area (Å²) in [5, 5.41) is 11.5. The predicted octanol–water partition coefficient (Wildman–Crippen LogP) is 3.65. The SMILES string of the molecule is Cc1ccc(C(=O)Nc2c(Cl)cc(C(=O)O)cc2Cl)cn1. The van der Waals surface area contributed by atoms with Crippen molar-refractivity contribution in [2.45, 2.75) is 6.92 Å². The van der Waals surface area contributed by atoms with Crippen LogP contribution < -0.4 is 5.32 Å². The Labute approximate surface area is 130 Å². The van der Waals surface area contributed by atoms with E-state index in [-0.39, 0.29) is 21.3 Å². The lowest BCUT2D eigenvalue weighted by Crippen LogP contribution is -2.13. The Hall–Kier alpha value is -2.11. The fourth-order valence-electron chi connectivity index (χ4n) is 1.60. The Balaban J connectivity index is 2.29. The van der Waals surface area contributed by atoms with Gasteiger partial charge in [0, 0.05) is 11.9 Å². The van der Waals surface area contributed by atoms with Gasteiger partial charge in [0.1, 0.15) is 0 Å². The van der Waals surface area contributed by atoms with E-state index in [0.29, 0.717) is 5.56 Å². The van der Waals surface area contributed by atoms with Crippen molar-refractivity contribution in [3.8, 4) is 0 Å². The van der Waals surface area contributed by atoms with Gasteiger partial charge in [-0.25, -0.2) is 4.79 Å². The minimum atomic E-state index is -1.15. The summed E-state index contributed by atoms with van der Waals surface area (Å²) in [6.07, 6.45) is 1.43. The van der Waals surface area contributed by atoms with Crippen LogP contribution in [-0.4, -0.2) is 22.0 Å². The molecule has 0 unspecified atom stereocenters. The molecule has 1 aromatic heterocycles. The summed E-state index contributed by atoms with van der Waals surface area (Å²) >= 11 is 11.9. The third-order valence-corrected chi connectivity index (χ3v) is 3.30. The van der Waals surface area contributed by atoms with E-state index in [2.05, 4.69) is 10.3 Å². The second-order valence-corrected chi connectivity index (χ2v) is 5.08. The number of aromatic carboxylic acids is 1. The monoisotopic (exact) mass is 324 g/mol. The smallest absolute Gasteiger partial charge is 0.335 e. The van der Waals surface area contributed by atoms with Crippen LogP contribution in [0.1, 0.15) is 26.4 Å². The molecule has 2 aromatic rings. The van der Waals surface area contributed by atoms with Crippen LogP contribution in [0.4, 0.5) is 5.69 Å². The lowest BCUT2D eigenvalue weighted by molar-refractivity contribution is 0.0696. The summed E-state index contributed by atoms with van der Waals surface area (Å²) in [6.45, 7) is 1.81. The highest BCUT2D eigenvalue weighted by molar-refractivity contribution is 6.40. The first kappa shape index (κ1) is 15.3. The number of carboxylic acids is 1. The lowest BCUT2D eigenvalue weighted by Gasteiger charge is -2.10. The van der Waals surface area contributed by atoms with E-state index in [1.54, 1.807) is 19.1 Å². The molecule has 1 heterocycles. The lowest BCUT2D eigenvalue weighted by atomic mass is 10.2. The maximum atomic E-state index is 12.1. The van der Waals surface area contributed by atoms with Gasteiger partial charge in [-0.2, -0.15) is 0 Å². The van der Waals surface area contributed by atoms with Crippen LogP contribution in [-0.2, 0) is 0 Å². The number of carboxylic acid groups (broad SMARTS) is 1. The van der Waals surface area contributed by atoms with Crippen molar-refractivity contribution in [2.75, 3.05) is 5.32 Å². The zero-order valence-electron chi connectivity index (χ0n) is 10.9. The van der Waals surface area contributed by atoms with Gasteiger partial charge in [0.2, 0.25) is 0 Å². The molecular formula is C14H10Cl2N2O3. The normalized spacial score (nSPS) is 10.2. The maximum absolute atomic E-state index is 12.1. The molecule has 0 bridgehead atoms. The van der Waals surface area contributed by atoms with Crippen LogP contribution in [0.3, 0.4) is 0 Å². The Morgan fingerprint density at radius 2 is 1.76 bits per heavy atom. The van der Waals surface area contributed by atoms with Gasteiger partial charge in [0.25, 0.3) is 5.91 Å². The van der Waals surface area contributed by atoms with Crippen molar-refractivity contribution in [3.05, 3.63) is 57.3 Å². The zero-order valence-corrected chi connectivity index (χ0v) is 12.4. The molecule has 0 spiro atoms. The molecule has 0 aliphatic carbocycles. The summed E-state index contributed by atoms with van der Waals surface area (Å²) in [4.78, 5) is 27.0. The van der Waals surface area contributed by atoms with Crippen molar-refractivity contribution >= 4 is 40.8 Å². The number of carbonyl (C=O) groups excluding carboxylic acids is 1. The van der Waals surface area contributed by atoms with Gasteiger partial charge in [-0.05, 0) is 31.2 Å². The third-order valence-electron chi connectivity index (χ3n) is 2.70. The van der Waals surface area contributed by atoms with E-state index in [1.807, 2.05) is 0 Å². The average Bonchev–Trinajstić information content (AvgIpc) is 2.43. The number of amides is 1. The number of pyridine rings is 1. The third kappa shape index (κ3) is 3.51. The number of aromatic nitrogens is 1. The molecule has 0 atom stereocenters. The molecule has 0 fully saturated rings. The van der Waals surface area contributed by atoms with Gasteiger partial charge >= 0.3 is 5.97 Å². The van der Waals surface area contributed by atoms with Crippen LogP contribution in [0.15, 0.2) is 30.5 Å². The van der Waals surface area contributed by atoms with E-state index < -0.39 is 11.9 Å². The molecule has 2 N–H and O–H groups in total. The van der Waals surface area contributed by atoms with E-state index in [9.17, 15) is 9.59 Å². The van der Waals surface area contributed by atoms with Gasteiger partial charge < -0.3 is 10.4 Å². The van der Waals surface area contributed by atoms with Crippen LogP contribution in [0.2, 0.25) is 10.0 Å².